The Bertz CT molecular complexity index is 419. The van der Waals surface area contributed by atoms with Crippen molar-refractivity contribution in [1.82, 2.24) is 0 Å². The first-order valence-electron chi connectivity index (χ1n) is 4.55. The summed E-state index contributed by atoms with van der Waals surface area (Å²) in [7, 11) is 0. The Morgan fingerprint density at radius 2 is 2.27 bits per heavy atom. The number of allylic oxidation sites excluding steroid dienone is 1. The zero-order valence-electron chi connectivity index (χ0n) is 8.57. The second kappa shape index (κ2) is 5.37. The van der Waals surface area contributed by atoms with Crippen LogP contribution in [0.4, 0.5) is 0 Å². The second-order valence-corrected chi connectivity index (χ2v) is 3.43. The van der Waals surface area contributed by atoms with E-state index in [0.717, 1.165) is 5.56 Å². The van der Waals surface area contributed by atoms with Gasteiger partial charge >= 0.3 is 0 Å². The van der Waals surface area contributed by atoms with Crippen molar-refractivity contribution < 1.29 is 0 Å². The molecule has 0 fully saturated rings. The van der Waals surface area contributed by atoms with Crippen LogP contribution < -0.4 is 5.73 Å². The van der Waals surface area contributed by atoms with Crippen LogP contribution in [0, 0.1) is 0 Å². The quantitative estimate of drug-likeness (QED) is 0.616. The van der Waals surface area contributed by atoms with E-state index in [9.17, 15) is 0 Å². The maximum absolute atomic E-state index is 5.85. The fourth-order valence-corrected chi connectivity index (χ4v) is 1.29. The molecule has 0 amide bonds. The number of benzene rings is 1. The summed E-state index contributed by atoms with van der Waals surface area (Å²) < 4.78 is 0. The minimum atomic E-state index is 0.433. The standard InChI is InChI=1S/C12H13ClN2/c1-3-5-12(14)15-9(2)10-6-4-7-11(13)8-10/h3-8H,2H2,1H3,(H2,14,15)/b5-3-. The average molecular weight is 221 g/mol. The van der Waals surface area contributed by atoms with Crippen molar-refractivity contribution in [2.45, 2.75) is 6.92 Å². The lowest BCUT2D eigenvalue weighted by Gasteiger charge is -2.01. The van der Waals surface area contributed by atoms with Crippen LogP contribution in [-0.2, 0) is 0 Å². The van der Waals surface area contributed by atoms with Crippen LogP contribution >= 0.6 is 11.6 Å². The molecule has 2 N–H and O–H groups in total. The number of hydrogen-bond acceptors (Lipinski definition) is 1. The fraction of sp³-hybridized carbons (Fsp3) is 0.0833. The number of rotatable bonds is 3. The predicted octanol–water partition coefficient (Wildman–Crippen LogP) is 3.24. The van der Waals surface area contributed by atoms with Gasteiger partial charge in [-0.25, -0.2) is 4.99 Å². The molecule has 78 valence electrons. The highest BCUT2D eigenvalue weighted by molar-refractivity contribution is 6.30. The van der Waals surface area contributed by atoms with Crippen LogP contribution in [0.2, 0.25) is 5.02 Å². The molecule has 0 radical (unpaired) electrons. The third-order valence-electron chi connectivity index (χ3n) is 1.76. The summed E-state index contributed by atoms with van der Waals surface area (Å²) in [6, 6.07) is 7.35. The average Bonchev–Trinajstić information content (AvgIpc) is 2.18. The smallest absolute Gasteiger partial charge is 0.123 e. The molecule has 3 heteroatoms. The first kappa shape index (κ1) is 11.5. The Balaban J connectivity index is 2.91. The number of nitrogens with zero attached hydrogens (tertiary/aromatic N) is 1. The first-order valence-corrected chi connectivity index (χ1v) is 4.93. The molecule has 0 atom stereocenters. The molecule has 1 aromatic carbocycles. The highest BCUT2D eigenvalue weighted by atomic mass is 35.5. The Labute approximate surface area is 94.8 Å². The summed E-state index contributed by atoms with van der Waals surface area (Å²) in [5.41, 5.74) is 7.10. The van der Waals surface area contributed by atoms with Crippen molar-refractivity contribution in [1.29, 1.82) is 0 Å². The molecule has 0 saturated heterocycles. The van der Waals surface area contributed by atoms with Crippen LogP contribution in [0.15, 0.2) is 48.0 Å². The van der Waals surface area contributed by atoms with Gasteiger partial charge in [0.25, 0.3) is 0 Å². The number of hydrogen-bond donors (Lipinski definition) is 1. The van der Waals surface area contributed by atoms with E-state index < -0.39 is 0 Å². The van der Waals surface area contributed by atoms with Gasteiger partial charge in [0.1, 0.15) is 5.84 Å². The topological polar surface area (TPSA) is 38.4 Å². The van der Waals surface area contributed by atoms with E-state index in [-0.39, 0.29) is 0 Å². The first-order chi connectivity index (χ1) is 7.13. The van der Waals surface area contributed by atoms with Gasteiger partial charge in [-0.3, -0.25) is 0 Å². The van der Waals surface area contributed by atoms with Gasteiger partial charge in [0, 0.05) is 10.6 Å². The SMILES string of the molecule is C=C(N=C(N)/C=C\C)c1cccc(Cl)c1. The largest absolute Gasteiger partial charge is 0.384 e. The van der Waals surface area contributed by atoms with Gasteiger partial charge in [-0.05, 0) is 25.1 Å². The minimum absolute atomic E-state index is 0.433. The molecule has 2 nitrogen and oxygen atoms in total. The number of aliphatic imine (C=N–C) groups is 1. The number of amidine groups is 1. The summed E-state index contributed by atoms with van der Waals surface area (Å²) in [6.07, 6.45) is 3.54. The van der Waals surface area contributed by atoms with Crippen molar-refractivity contribution >= 4 is 23.1 Å². The summed E-state index contributed by atoms with van der Waals surface area (Å²) in [4.78, 5) is 4.13. The number of nitrogens with two attached hydrogens (primary N) is 1. The zero-order valence-corrected chi connectivity index (χ0v) is 9.33. The van der Waals surface area contributed by atoms with E-state index in [1.54, 1.807) is 18.2 Å². The van der Waals surface area contributed by atoms with Crippen molar-refractivity contribution in [2.24, 2.45) is 10.7 Å². The maximum Gasteiger partial charge on any atom is 0.123 e. The monoisotopic (exact) mass is 220 g/mol. The fourth-order valence-electron chi connectivity index (χ4n) is 1.10. The van der Waals surface area contributed by atoms with E-state index in [4.69, 9.17) is 17.3 Å². The van der Waals surface area contributed by atoms with Crippen molar-refractivity contribution in [2.75, 3.05) is 0 Å². The van der Waals surface area contributed by atoms with Crippen LogP contribution in [0.3, 0.4) is 0 Å². The molecular formula is C12H13ClN2. The van der Waals surface area contributed by atoms with Crippen LogP contribution in [-0.4, -0.2) is 5.84 Å². The summed E-state index contributed by atoms with van der Waals surface area (Å²) in [6.45, 7) is 5.71. The molecular weight excluding hydrogens is 208 g/mol. The summed E-state index contributed by atoms with van der Waals surface area (Å²) in [5, 5.41) is 0.661. The van der Waals surface area contributed by atoms with Crippen LogP contribution in [0.1, 0.15) is 12.5 Å². The third kappa shape index (κ3) is 3.60. The Morgan fingerprint density at radius 1 is 1.53 bits per heavy atom. The van der Waals surface area contributed by atoms with Crippen LogP contribution in [0.5, 0.6) is 0 Å². The van der Waals surface area contributed by atoms with Gasteiger partial charge in [0.15, 0.2) is 0 Å². The highest BCUT2D eigenvalue weighted by Gasteiger charge is 1.97. The molecule has 0 aliphatic rings. The molecule has 0 aliphatic heterocycles. The van der Waals surface area contributed by atoms with E-state index in [2.05, 4.69) is 11.6 Å². The molecule has 0 saturated carbocycles. The van der Waals surface area contributed by atoms with Gasteiger partial charge in [-0.2, -0.15) is 0 Å². The van der Waals surface area contributed by atoms with Crippen LogP contribution in [0.25, 0.3) is 5.70 Å². The van der Waals surface area contributed by atoms with Crippen molar-refractivity contribution in [3.05, 3.63) is 53.6 Å². The van der Waals surface area contributed by atoms with E-state index in [0.29, 0.717) is 16.6 Å². The predicted molar refractivity (Wildman–Crippen MR) is 66.9 cm³/mol. The van der Waals surface area contributed by atoms with Gasteiger partial charge in [0.05, 0.1) is 5.70 Å². The van der Waals surface area contributed by atoms with Crippen molar-refractivity contribution in [3.8, 4) is 0 Å². The lowest BCUT2D eigenvalue weighted by molar-refractivity contribution is 1.48. The lowest BCUT2D eigenvalue weighted by atomic mass is 10.2. The third-order valence-corrected chi connectivity index (χ3v) is 1.99. The molecule has 0 aromatic heterocycles. The maximum atomic E-state index is 5.85. The lowest BCUT2D eigenvalue weighted by Crippen LogP contribution is -2.07. The van der Waals surface area contributed by atoms with Gasteiger partial charge in [-0.1, -0.05) is 36.4 Å². The van der Waals surface area contributed by atoms with E-state index in [1.807, 2.05) is 25.1 Å². The minimum Gasteiger partial charge on any atom is -0.384 e. The molecule has 0 bridgehead atoms. The van der Waals surface area contributed by atoms with Gasteiger partial charge < -0.3 is 5.73 Å². The molecule has 1 aromatic rings. The second-order valence-electron chi connectivity index (χ2n) is 2.99. The molecule has 0 heterocycles. The summed E-state index contributed by atoms with van der Waals surface area (Å²) >= 11 is 5.85. The van der Waals surface area contributed by atoms with Gasteiger partial charge in [0.2, 0.25) is 0 Å². The molecule has 0 spiro atoms. The molecule has 1 rings (SSSR count). The Hall–Kier alpha value is -1.54. The summed E-state index contributed by atoms with van der Waals surface area (Å²) in [5.74, 6) is 0.433. The zero-order chi connectivity index (χ0) is 11.3. The molecule has 0 aliphatic carbocycles. The Kier molecular flexibility index (Phi) is 4.13. The Morgan fingerprint density at radius 3 is 2.87 bits per heavy atom. The van der Waals surface area contributed by atoms with E-state index in [1.165, 1.54) is 0 Å². The van der Waals surface area contributed by atoms with E-state index >= 15 is 0 Å². The molecule has 15 heavy (non-hydrogen) atoms. The number of halogens is 1. The molecule has 0 unspecified atom stereocenters. The van der Waals surface area contributed by atoms with Gasteiger partial charge in [-0.15, -0.1) is 0 Å². The van der Waals surface area contributed by atoms with Crippen molar-refractivity contribution in [3.63, 3.8) is 0 Å². The normalized spacial score (nSPS) is 12.0. The highest BCUT2D eigenvalue weighted by Crippen LogP contribution is 2.18.